The van der Waals surface area contributed by atoms with E-state index in [-0.39, 0.29) is 11.3 Å². The van der Waals surface area contributed by atoms with Gasteiger partial charge in [0.15, 0.2) is 0 Å². The highest BCUT2D eigenvalue weighted by molar-refractivity contribution is 7.16. The van der Waals surface area contributed by atoms with Crippen LogP contribution >= 0.6 is 11.3 Å². The van der Waals surface area contributed by atoms with E-state index >= 15 is 0 Å². The zero-order valence-corrected chi connectivity index (χ0v) is 17.4. The summed E-state index contributed by atoms with van der Waals surface area (Å²) in [6, 6.07) is 16.8. The average molecular weight is 417 g/mol. The van der Waals surface area contributed by atoms with Gasteiger partial charge in [-0.3, -0.25) is 9.59 Å². The Morgan fingerprint density at radius 1 is 1.03 bits per heavy atom. The number of carbonyl (C=O) groups is 2. The second-order valence-electron chi connectivity index (χ2n) is 7.08. The number of pyridine rings is 1. The molecule has 3 N–H and O–H groups in total. The number of thiazole rings is 1. The van der Waals surface area contributed by atoms with Crippen LogP contribution in [0.3, 0.4) is 0 Å². The molecule has 2 amide bonds. The molecule has 0 fully saturated rings. The van der Waals surface area contributed by atoms with Crippen molar-refractivity contribution in [3.63, 3.8) is 0 Å². The molecule has 0 bridgehead atoms. The van der Waals surface area contributed by atoms with Crippen molar-refractivity contribution in [1.29, 1.82) is 0 Å². The number of primary amides is 1. The number of aromatic nitrogens is 2. The normalized spacial score (nSPS) is 10.9. The number of carbonyl (C=O) groups excluding carboxylic acids is 2. The summed E-state index contributed by atoms with van der Waals surface area (Å²) in [5.74, 6) is -1.01. The number of hydrogen-bond acceptors (Lipinski definition) is 5. The number of benzene rings is 2. The topological polar surface area (TPSA) is 98.0 Å². The monoisotopic (exact) mass is 416 g/mol. The number of anilines is 1. The van der Waals surface area contributed by atoms with E-state index in [1.807, 2.05) is 6.92 Å². The SMILES string of the molecule is Cc1ccc(Cc2nc(C)c(NC(=O)c3cc(C(N)=O)c4ccccc4n3)s2)cc1. The fourth-order valence-electron chi connectivity index (χ4n) is 3.19. The van der Waals surface area contributed by atoms with E-state index in [2.05, 4.69) is 46.5 Å². The summed E-state index contributed by atoms with van der Waals surface area (Å²) in [6.07, 6.45) is 0.696. The number of nitrogens with one attached hydrogen (secondary N) is 1. The minimum atomic E-state index is -0.600. The van der Waals surface area contributed by atoms with Gasteiger partial charge in [-0.1, -0.05) is 48.0 Å². The van der Waals surface area contributed by atoms with Crippen molar-refractivity contribution < 1.29 is 9.59 Å². The van der Waals surface area contributed by atoms with Gasteiger partial charge in [0, 0.05) is 11.8 Å². The number of hydrogen-bond donors (Lipinski definition) is 2. The molecule has 0 unspecified atom stereocenters. The number of amides is 2. The maximum Gasteiger partial charge on any atom is 0.274 e. The Bertz CT molecular complexity index is 1260. The minimum absolute atomic E-state index is 0.135. The van der Waals surface area contributed by atoms with Gasteiger partial charge in [-0.25, -0.2) is 9.97 Å². The minimum Gasteiger partial charge on any atom is -0.366 e. The van der Waals surface area contributed by atoms with Gasteiger partial charge in [-0.05, 0) is 31.5 Å². The molecular formula is C23H20N4O2S. The quantitative estimate of drug-likeness (QED) is 0.508. The highest BCUT2D eigenvalue weighted by Gasteiger charge is 2.17. The molecule has 0 spiro atoms. The predicted molar refractivity (Wildman–Crippen MR) is 119 cm³/mol. The first kappa shape index (κ1) is 19.7. The van der Waals surface area contributed by atoms with Crippen molar-refractivity contribution in [3.8, 4) is 0 Å². The number of para-hydroxylation sites is 1. The second kappa shape index (κ2) is 8.04. The molecular weight excluding hydrogens is 396 g/mol. The van der Waals surface area contributed by atoms with Gasteiger partial charge in [0.05, 0.1) is 21.8 Å². The molecule has 0 aliphatic rings. The lowest BCUT2D eigenvalue weighted by atomic mass is 10.1. The van der Waals surface area contributed by atoms with E-state index in [4.69, 9.17) is 5.73 Å². The summed E-state index contributed by atoms with van der Waals surface area (Å²) >= 11 is 1.43. The van der Waals surface area contributed by atoms with Crippen molar-refractivity contribution in [2.45, 2.75) is 20.3 Å². The first-order chi connectivity index (χ1) is 14.4. The van der Waals surface area contributed by atoms with E-state index in [1.165, 1.54) is 23.0 Å². The third-order valence-corrected chi connectivity index (χ3v) is 5.83. The van der Waals surface area contributed by atoms with E-state index < -0.39 is 11.8 Å². The average Bonchev–Trinajstić information content (AvgIpc) is 3.07. The van der Waals surface area contributed by atoms with Crippen molar-refractivity contribution in [3.05, 3.63) is 87.7 Å². The summed E-state index contributed by atoms with van der Waals surface area (Å²) in [4.78, 5) is 33.7. The third-order valence-electron chi connectivity index (χ3n) is 4.76. The lowest BCUT2D eigenvalue weighted by Crippen LogP contribution is -2.17. The highest BCUT2D eigenvalue weighted by Crippen LogP contribution is 2.27. The smallest absolute Gasteiger partial charge is 0.274 e. The van der Waals surface area contributed by atoms with Gasteiger partial charge >= 0.3 is 0 Å². The van der Waals surface area contributed by atoms with Crippen LogP contribution in [-0.2, 0) is 6.42 Å². The van der Waals surface area contributed by atoms with Crippen LogP contribution in [0.2, 0.25) is 0 Å². The molecule has 2 aromatic heterocycles. The Kier molecular flexibility index (Phi) is 5.29. The number of rotatable bonds is 5. The van der Waals surface area contributed by atoms with Crippen LogP contribution in [0.15, 0.2) is 54.6 Å². The summed E-state index contributed by atoms with van der Waals surface area (Å²) in [7, 11) is 0. The zero-order valence-electron chi connectivity index (χ0n) is 16.6. The molecule has 2 heterocycles. The van der Waals surface area contributed by atoms with E-state index in [9.17, 15) is 9.59 Å². The molecule has 0 aliphatic carbocycles. The van der Waals surface area contributed by atoms with Crippen LogP contribution in [0.5, 0.6) is 0 Å². The van der Waals surface area contributed by atoms with Crippen LogP contribution in [0.1, 0.15) is 42.7 Å². The molecule has 0 atom stereocenters. The first-order valence-electron chi connectivity index (χ1n) is 9.43. The van der Waals surface area contributed by atoms with Gasteiger partial charge in [-0.2, -0.15) is 0 Å². The number of fused-ring (bicyclic) bond motifs is 1. The van der Waals surface area contributed by atoms with Crippen LogP contribution in [0, 0.1) is 13.8 Å². The predicted octanol–water partition coefficient (Wildman–Crippen LogP) is 4.25. The Hall–Kier alpha value is -3.58. The van der Waals surface area contributed by atoms with Gasteiger partial charge in [0.25, 0.3) is 5.91 Å². The molecule has 2 aromatic carbocycles. The van der Waals surface area contributed by atoms with E-state index in [0.717, 1.165) is 16.3 Å². The molecule has 7 heteroatoms. The molecule has 30 heavy (non-hydrogen) atoms. The van der Waals surface area contributed by atoms with Gasteiger partial charge in [0.2, 0.25) is 5.91 Å². The van der Waals surface area contributed by atoms with Crippen LogP contribution < -0.4 is 11.1 Å². The van der Waals surface area contributed by atoms with Crippen LogP contribution in [0.4, 0.5) is 5.00 Å². The standard InChI is InChI=1S/C23H20N4O2S/c1-13-7-9-15(10-8-13)11-20-25-14(2)23(30-20)27-22(29)19-12-17(21(24)28)16-5-3-4-6-18(16)26-19/h3-10,12H,11H2,1-2H3,(H2,24,28)(H,27,29). The highest BCUT2D eigenvalue weighted by atomic mass is 32.1. The number of aryl methyl sites for hydroxylation is 2. The fraction of sp³-hybridized carbons (Fsp3) is 0.130. The second-order valence-corrected chi connectivity index (χ2v) is 8.16. The lowest BCUT2D eigenvalue weighted by molar-refractivity contribution is 0.100. The molecule has 0 aliphatic heterocycles. The molecule has 6 nitrogen and oxygen atoms in total. The number of nitrogens with two attached hydrogens (primary N) is 1. The first-order valence-corrected chi connectivity index (χ1v) is 10.2. The molecule has 150 valence electrons. The molecule has 4 aromatic rings. The van der Waals surface area contributed by atoms with E-state index in [1.54, 1.807) is 24.3 Å². The van der Waals surface area contributed by atoms with Gasteiger partial charge in [0.1, 0.15) is 10.7 Å². The summed E-state index contributed by atoms with van der Waals surface area (Å²) < 4.78 is 0. The van der Waals surface area contributed by atoms with Crippen LogP contribution in [0.25, 0.3) is 10.9 Å². The Morgan fingerprint density at radius 2 is 1.77 bits per heavy atom. The van der Waals surface area contributed by atoms with Crippen molar-refractivity contribution >= 4 is 39.1 Å². The van der Waals surface area contributed by atoms with Crippen molar-refractivity contribution in [1.82, 2.24) is 9.97 Å². The van der Waals surface area contributed by atoms with Crippen LogP contribution in [-0.4, -0.2) is 21.8 Å². The Morgan fingerprint density at radius 3 is 2.50 bits per heavy atom. The van der Waals surface area contributed by atoms with Crippen molar-refractivity contribution in [2.24, 2.45) is 5.73 Å². The molecule has 0 saturated heterocycles. The molecule has 0 radical (unpaired) electrons. The largest absolute Gasteiger partial charge is 0.366 e. The zero-order chi connectivity index (χ0) is 21.3. The Balaban J connectivity index is 1.59. The molecule has 4 rings (SSSR count). The maximum absolute atomic E-state index is 12.8. The van der Waals surface area contributed by atoms with E-state index in [0.29, 0.717) is 22.3 Å². The maximum atomic E-state index is 12.8. The summed E-state index contributed by atoms with van der Waals surface area (Å²) in [6.45, 7) is 3.91. The fourth-order valence-corrected chi connectivity index (χ4v) is 4.18. The number of nitrogens with zero attached hydrogens (tertiary/aromatic N) is 2. The molecule has 0 saturated carbocycles. The summed E-state index contributed by atoms with van der Waals surface area (Å²) in [5, 5.41) is 5.07. The Labute approximate surface area is 177 Å². The van der Waals surface area contributed by atoms with Crippen molar-refractivity contribution in [2.75, 3.05) is 5.32 Å². The third kappa shape index (κ3) is 4.06. The van der Waals surface area contributed by atoms with Gasteiger partial charge < -0.3 is 11.1 Å². The van der Waals surface area contributed by atoms with Gasteiger partial charge in [-0.15, -0.1) is 11.3 Å². The lowest BCUT2D eigenvalue weighted by Gasteiger charge is -2.07. The summed E-state index contributed by atoms with van der Waals surface area (Å²) in [5.41, 5.74) is 9.56.